The van der Waals surface area contributed by atoms with Crippen molar-refractivity contribution in [3.8, 4) is 0 Å². The maximum Gasteiger partial charge on any atom is 0.311 e. The molecule has 6 heteroatoms. The second-order valence-electron chi connectivity index (χ2n) is 5.18. The first-order valence-electron chi connectivity index (χ1n) is 6.54. The Kier molecular flexibility index (Phi) is 3.59. The van der Waals surface area contributed by atoms with Gasteiger partial charge in [-0.1, -0.05) is 6.42 Å². The summed E-state index contributed by atoms with van der Waals surface area (Å²) in [5, 5.41) is 12.4. The number of carboxylic acid groups (broad SMARTS) is 1. The zero-order valence-corrected chi connectivity index (χ0v) is 11.2. The average molecular weight is 265 g/mol. The first-order valence-corrected chi connectivity index (χ1v) is 6.54. The van der Waals surface area contributed by atoms with E-state index in [9.17, 15) is 14.7 Å². The summed E-state index contributed by atoms with van der Waals surface area (Å²) in [5.74, 6) is -0.585. The summed E-state index contributed by atoms with van der Waals surface area (Å²) in [6.07, 6.45) is 5.38. The molecule has 0 bridgehead atoms. The van der Waals surface area contributed by atoms with Crippen molar-refractivity contribution >= 4 is 11.8 Å². The van der Waals surface area contributed by atoms with Gasteiger partial charge in [0.2, 0.25) is 0 Å². The van der Waals surface area contributed by atoms with Crippen molar-refractivity contribution in [2.24, 2.45) is 5.41 Å². The number of rotatable bonds is 4. The van der Waals surface area contributed by atoms with E-state index in [1.54, 1.807) is 23.9 Å². The van der Waals surface area contributed by atoms with E-state index in [0.29, 0.717) is 13.0 Å². The fourth-order valence-electron chi connectivity index (χ4n) is 2.61. The predicted octanol–water partition coefficient (Wildman–Crippen LogP) is 1.32. The van der Waals surface area contributed by atoms with E-state index >= 15 is 0 Å². The van der Waals surface area contributed by atoms with E-state index in [-0.39, 0.29) is 17.4 Å². The molecule has 6 nitrogen and oxygen atoms in total. The molecule has 0 radical (unpaired) electrons. The SMILES string of the molecule is CCn1ccnc(NC2CCCC2(C)C(=O)O)c1=O. The molecule has 2 N–H and O–H groups in total. The highest BCUT2D eigenvalue weighted by Crippen LogP contribution is 2.39. The summed E-state index contributed by atoms with van der Waals surface area (Å²) in [4.78, 5) is 27.5. The summed E-state index contributed by atoms with van der Waals surface area (Å²) < 4.78 is 1.54. The van der Waals surface area contributed by atoms with E-state index < -0.39 is 11.4 Å². The second-order valence-corrected chi connectivity index (χ2v) is 5.18. The molecule has 0 saturated heterocycles. The van der Waals surface area contributed by atoms with Crippen molar-refractivity contribution in [3.05, 3.63) is 22.7 Å². The van der Waals surface area contributed by atoms with Crippen LogP contribution in [0.5, 0.6) is 0 Å². The van der Waals surface area contributed by atoms with Crippen LogP contribution in [0.15, 0.2) is 17.2 Å². The molecular formula is C13H19N3O3. The number of aromatic nitrogens is 2. The van der Waals surface area contributed by atoms with Gasteiger partial charge >= 0.3 is 5.97 Å². The van der Waals surface area contributed by atoms with Gasteiger partial charge in [0.05, 0.1) is 5.41 Å². The van der Waals surface area contributed by atoms with Gasteiger partial charge in [-0.2, -0.15) is 0 Å². The summed E-state index contributed by atoms with van der Waals surface area (Å²) in [5.41, 5.74) is -1.04. The Labute approximate surface area is 111 Å². The minimum atomic E-state index is -0.832. The minimum absolute atomic E-state index is 0.204. The highest BCUT2D eigenvalue weighted by molar-refractivity contribution is 5.76. The van der Waals surface area contributed by atoms with Crippen LogP contribution in [0.3, 0.4) is 0 Å². The predicted molar refractivity (Wildman–Crippen MR) is 71.2 cm³/mol. The van der Waals surface area contributed by atoms with Gasteiger partial charge in [0, 0.05) is 25.0 Å². The van der Waals surface area contributed by atoms with Gasteiger partial charge in [-0.05, 0) is 26.7 Å². The summed E-state index contributed by atoms with van der Waals surface area (Å²) in [6.45, 7) is 4.17. The molecule has 2 atom stereocenters. The summed E-state index contributed by atoms with van der Waals surface area (Å²) in [6, 6.07) is -0.252. The molecule has 1 aromatic heterocycles. The lowest BCUT2D eigenvalue weighted by Gasteiger charge is -2.27. The van der Waals surface area contributed by atoms with Crippen LogP contribution in [0.4, 0.5) is 5.82 Å². The third-order valence-corrected chi connectivity index (χ3v) is 4.01. The topological polar surface area (TPSA) is 84.2 Å². The standard InChI is InChI=1S/C13H19N3O3/c1-3-16-8-7-14-10(11(16)17)15-9-5-4-6-13(9,2)12(18)19/h7-9H,3-6H2,1-2H3,(H,14,15)(H,18,19). The van der Waals surface area contributed by atoms with Crippen molar-refractivity contribution < 1.29 is 9.90 Å². The molecule has 1 saturated carbocycles. The van der Waals surface area contributed by atoms with E-state index in [4.69, 9.17) is 0 Å². The van der Waals surface area contributed by atoms with Crippen LogP contribution in [0, 0.1) is 5.41 Å². The molecule has 104 valence electrons. The number of hydrogen-bond acceptors (Lipinski definition) is 4. The fraction of sp³-hybridized carbons (Fsp3) is 0.615. The van der Waals surface area contributed by atoms with Crippen molar-refractivity contribution in [2.75, 3.05) is 5.32 Å². The number of anilines is 1. The first-order chi connectivity index (χ1) is 8.99. The Morgan fingerprint density at radius 2 is 2.42 bits per heavy atom. The van der Waals surface area contributed by atoms with Crippen LogP contribution in [-0.4, -0.2) is 26.7 Å². The highest BCUT2D eigenvalue weighted by Gasteiger charge is 2.45. The van der Waals surface area contributed by atoms with Crippen molar-refractivity contribution in [2.45, 2.75) is 45.7 Å². The smallest absolute Gasteiger partial charge is 0.311 e. The quantitative estimate of drug-likeness (QED) is 0.857. The number of nitrogens with one attached hydrogen (secondary N) is 1. The van der Waals surface area contributed by atoms with Crippen LogP contribution in [0.1, 0.15) is 33.1 Å². The molecule has 19 heavy (non-hydrogen) atoms. The third kappa shape index (κ3) is 2.34. The second kappa shape index (κ2) is 5.03. The average Bonchev–Trinajstić information content (AvgIpc) is 2.75. The Morgan fingerprint density at radius 3 is 3.05 bits per heavy atom. The van der Waals surface area contributed by atoms with E-state index in [1.807, 2.05) is 6.92 Å². The maximum absolute atomic E-state index is 12.1. The van der Waals surface area contributed by atoms with Crippen molar-refractivity contribution in [1.82, 2.24) is 9.55 Å². The fourth-order valence-corrected chi connectivity index (χ4v) is 2.61. The monoisotopic (exact) mass is 265 g/mol. The van der Waals surface area contributed by atoms with E-state index in [2.05, 4.69) is 10.3 Å². The van der Waals surface area contributed by atoms with Gasteiger partial charge in [0.25, 0.3) is 5.56 Å². The van der Waals surface area contributed by atoms with E-state index in [1.165, 1.54) is 0 Å². The Balaban J connectivity index is 2.27. The number of aliphatic carboxylic acids is 1. The zero-order chi connectivity index (χ0) is 14.0. The Morgan fingerprint density at radius 1 is 1.68 bits per heavy atom. The molecule has 2 rings (SSSR count). The van der Waals surface area contributed by atoms with Gasteiger partial charge in [0.15, 0.2) is 5.82 Å². The number of hydrogen-bond donors (Lipinski definition) is 2. The largest absolute Gasteiger partial charge is 0.481 e. The maximum atomic E-state index is 12.1. The van der Waals surface area contributed by atoms with Gasteiger partial charge in [-0.3, -0.25) is 9.59 Å². The van der Waals surface area contributed by atoms with Crippen LogP contribution < -0.4 is 10.9 Å². The van der Waals surface area contributed by atoms with Crippen LogP contribution in [0.2, 0.25) is 0 Å². The molecule has 1 heterocycles. The van der Waals surface area contributed by atoms with Crippen molar-refractivity contribution in [1.29, 1.82) is 0 Å². The van der Waals surface area contributed by atoms with Crippen LogP contribution in [0.25, 0.3) is 0 Å². The lowest BCUT2D eigenvalue weighted by molar-refractivity contribution is -0.147. The number of nitrogens with zero attached hydrogens (tertiary/aromatic N) is 2. The summed E-state index contributed by atoms with van der Waals surface area (Å²) >= 11 is 0. The normalized spacial score (nSPS) is 26.3. The molecule has 0 aliphatic heterocycles. The zero-order valence-electron chi connectivity index (χ0n) is 11.2. The highest BCUT2D eigenvalue weighted by atomic mass is 16.4. The van der Waals surface area contributed by atoms with Gasteiger partial charge in [-0.25, -0.2) is 4.98 Å². The third-order valence-electron chi connectivity index (χ3n) is 4.01. The molecule has 1 fully saturated rings. The van der Waals surface area contributed by atoms with Gasteiger partial charge in [0.1, 0.15) is 0 Å². The van der Waals surface area contributed by atoms with Crippen LogP contribution in [-0.2, 0) is 11.3 Å². The molecule has 0 spiro atoms. The van der Waals surface area contributed by atoms with Gasteiger partial charge < -0.3 is 15.0 Å². The number of carboxylic acids is 1. The minimum Gasteiger partial charge on any atom is -0.481 e. The Bertz CT molecular complexity index is 540. The molecule has 0 amide bonds. The molecule has 1 aromatic rings. The Hall–Kier alpha value is -1.85. The first kappa shape index (κ1) is 13.6. The van der Waals surface area contributed by atoms with Crippen molar-refractivity contribution in [3.63, 3.8) is 0 Å². The molecule has 0 aromatic carbocycles. The molecular weight excluding hydrogens is 246 g/mol. The summed E-state index contributed by atoms with van der Waals surface area (Å²) in [7, 11) is 0. The lowest BCUT2D eigenvalue weighted by Crippen LogP contribution is -2.42. The lowest BCUT2D eigenvalue weighted by atomic mass is 9.85. The number of aryl methyl sites for hydroxylation is 1. The number of carbonyl (C=O) groups is 1. The van der Waals surface area contributed by atoms with Gasteiger partial charge in [-0.15, -0.1) is 0 Å². The van der Waals surface area contributed by atoms with E-state index in [0.717, 1.165) is 12.8 Å². The molecule has 2 unspecified atom stereocenters. The van der Waals surface area contributed by atoms with Crippen LogP contribution >= 0.6 is 0 Å². The molecule has 1 aliphatic rings. The molecule has 1 aliphatic carbocycles.